The number of amides is 1. The topological polar surface area (TPSA) is 79.2 Å². The SMILES string of the molecule is O=C(c1cc([N+](=O)[O-])ccc1N1CCCC1)N1CCN(CCOc2ccccc2Cl)CC1. The predicted molar refractivity (Wildman–Crippen MR) is 124 cm³/mol. The van der Waals surface area contributed by atoms with E-state index in [1.54, 1.807) is 17.0 Å². The van der Waals surface area contributed by atoms with Crippen LogP contribution in [0.2, 0.25) is 5.02 Å². The fourth-order valence-corrected chi connectivity index (χ4v) is 4.42. The van der Waals surface area contributed by atoms with Gasteiger partial charge in [0.25, 0.3) is 11.6 Å². The molecule has 0 unspecified atom stereocenters. The van der Waals surface area contributed by atoms with Gasteiger partial charge in [0.2, 0.25) is 0 Å². The normalized spacial score (nSPS) is 16.9. The van der Waals surface area contributed by atoms with Gasteiger partial charge in [-0.15, -0.1) is 0 Å². The highest BCUT2D eigenvalue weighted by molar-refractivity contribution is 6.32. The summed E-state index contributed by atoms with van der Waals surface area (Å²) in [4.78, 5) is 30.4. The number of non-ortho nitro benzene ring substituents is 1. The summed E-state index contributed by atoms with van der Waals surface area (Å²) in [5.41, 5.74) is 1.18. The molecule has 0 spiro atoms. The van der Waals surface area contributed by atoms with Gasteiger partial charge in [-0.2, -0.15) is 0 Å². The van der Waals surface area contributed by atoms with Crippen molar-refractivity contribution in [3.63, 3.8) is 0 Å². The van der Waals surface area contributed by atoms with Crippen molar-refractivity contribution in [1.29, 1.82) is 0 Å². The van der Waals surface area contributed by atoms with Gasteiger partial charge < -0.3 is 14.5 Å². The number of nitrogens with zero attached hydrogens (tertiary/aromatic N) is 4. The predicted octanol–water partition coefficient (Wildman–Crippen LogP) is 3.69. The van der Waals surface area contributed by atoms with Crippen molar-refractivity contribution in [2.45, 2.75) is 12.8 Å². The number of rotatable bonds is 7. The first-order chi connectivity index (χ1) is 15.5. The molecule has 0 aliphatic carbocycles. The first-order valence-electron chi connectivity index (χ1n) is 11.0. The molecule has 0 saturated carbocycles. The van der Waals surface area contributed by atoms with Crippen LogP contribution in [0.5, 0.6) is 5.75 Å². The average Bonchev–Trinajstić information content (AvgIpc) is 3.35. The van der Waals surface area contributed by atoms with E-state index in [1.807, 2.05) is 18.2 Å². The highest BCUT2D eigenvalue weighted by Crippen LogP contribution is 2.30. The fraction of sp³-hybridized carbons (Fsp3) is 0.435. The molecule has 0 N–H and O–H groups in total. The van der Waals surface area contributed by atoms with Crippen molar-refractivity contribution in [2.24, 2.45) is 0 Å². The van der Waals surface area contributed by atoms with Crippen molar-refractivity contribution in [2.75, 3.05) is 57.3 Å². The molecule has 32 heavy (non-hydrogen) atoms. The number of hydrogen-bond acceptors (Lipinski definition) is 6. The van der Waals surface area contributed by atoms with Crippen LogP contribution in [0.1, 0.15) is 23.2 Å². The van der Waals surface area contributed by atoms with E-state index in [0.29, 0.717) is 36.0 Å². The number of benzene rings is 2. The van der Waals surface area contributed by atoms with Crippen LogP contribution >= 0.6 is 11.6 Å². The van der Waals surface area contributed by atoms with Crippen LogP contribution in [0, 0.1) is 10.1 Å². The summed E-state index contributed by atoms with van der Waals surface area (Å²) in [5.74, 6) is 0.533. The number of anilines is 1. The lowest BCUT2D eigenvalue weighted by molar-refractivity contribution is -0.384. The Kier molecular flexibility index (Phi) is 7.12. The van der Waals surface area contributed by atoms with Crippen molar-refractivity contribution in [3.05, 3.63) is 63.2 Å². The Morgan fingerprint density at radius 2 is 1.75 bits per heavy atom. The lowest BCUT2D eigenvalue weighted by Gasteiger charge is -2.35. The van der Waals surface area contributed by atoms with Crippen LogP contribution in [0.4, 0.5) is 11.4 Å². The molecule has 2 saturated heterocycles. The van der Waals surface area contributed by atoms with Gasteiger partial charge in [-0.05, 0) is 31.0 Å². The molecule has 8 nitrogen and oxygen atoms in total. The summed E-state index contributed by atoms with van der Waals surface area (Å²) in [6, 6.07) is 12.0. The number of nitro benzene ring substituents is 1. The standard InChI is InChI=1S/C23H27ClN4O4/c24-20-5-1-2-6-22(20)32-16-15-25-11-13-27(14-12-25)23(29)19-17-18(28(30)31)7-8-21(19)26-9-3-4-10-26/h1-2,5-8,17H,3-4,9-16H2. The summed E-state index contributed by atoms with van der Waals surface area (Å²) in [6.07, 6.45) is 2.14. The van der Waals surface area contributed by atoms with Gasteiger partial charge in [0.15, 0.2) is 0 Å². The van der Waals surface area contributed by atoms with Crippen LogP contribution in [0.3, 0.4) is 0 Å². The van der Waals surface area contributed by atoms with E-state index >= 15 is 0 Å². The second kappa shape index (κ2) is 10.2. The minimum absolute atomic E-state index is 0.0494. The summed E-state index contributed by atoms with van der Waals surface area (Å²) >= 11 is 6.12. The minimum atomic E-state index is -0.443. The van der Waals surface area contributed by atoms with Crippen LogP contribution in [-0.2, 0) is 0 Å². The molecule has 2 aliphatic heterocycles. The van der Waals surface area contributed by atoms with Gasteiger partial charge in [-0.3, -0.25) is 19.8 Å². The number of halogens is 1. The van der Waals surface area contributed by atoms with Gasteiger partial charge in [0.1, 0.15) is 12.4 Å². The van der Waals surface area contributed by atoms with Gasteiger partial charge in [-0.25, -0.2) is 0 Å². The second-order valence-electron chi connectivity index (χ2n) is 8.07. The zero-order chi connectivity index (χ0) is 22.5. The number of piperazine rings is 1. The minimum Gasteiger partial charge on any atom is -0.491 e. The summed E-state index contributed by atoms with van der Waals surface area (Å²) in [5, 5.41) is 11.9. The Morgan fingerprint density at radius 1 is 1.03 bits per heavy atom. The monoisotopic (exact) mass is 458 g/mol. The highest BCUT2D eigenvalue weighted by atomic mass is 35.5. The molecule has 170 valence electrons. The van der Waals surface area contributed by atoms with Gasteiger partial charge in [0, 0.05) is 57.9 Å². The molecule has 0 aromatic heterocycles. The first-order valence-corrected chi connectivity index (χ1v) is 11.3. The Balaban J connectivity index is 1.36. The smallest absolute Gasteiger partial charge is 0.270 e. The Labute approximate surface area is 192 Å². The van der Waals surface area contributed by atoms with Gasteiger partial charge in [0.05, 0.1) is 21.2 Å². The number of nitro groups is 1. The van der Waals surface area contributed by atoms with E-state index < -0.39 is 4.92 Å². The van der Waals surface area contributed by atoms with Crippen molar-refractivity contribution >= 4 is 28.9 Å². The molecule has 0 radical (unpaired) electrons. The van der Waals surface area contributed by atoms with E-state index in [4.69, 9.17) is 16.3 Å². The summed E-state index contributed by atoms with van der Waals surface area (Å²) in [6.45, 7) is 5.61. The van der Waals surface area contributed by atoms with Crippen LogP contribution in [0.25, 0.3) is 0 Å². The Bertz CT molecular complexity index is 972. The van der Waals surface area contributed by atoms with E-state index in [-0.39, 0.29) is 11.6 Å². The maximum absolute atomic E-state index is 13.3. The Hall–Kier alpha value is -2.84. The first kappa shape index (κ1) is 22.4. The van der Waals surface area contributed by atoms with Crippen LogP contribution in [-0.4, -0.2) is 73.1 Å². The van der Waals surface area contributed by atoms with Crippen molar-refractivity contribution < 1.29 is 14.5 Å². The lowest BCUT2D eigenvalue weighted by atomic mass is 10.1. The number of para-hydroxylation sites is 1. The quantitative estimate of drug-likeness (QED) is 0.465. The maximum atomic E-state index is 13.3. The van der Waals surface area contributed by atoms with Crippen LogP contribution < -0.4 is 9.64 Å². The lowest BCUT2D eigenvalue weighted by Crippen LogP contribution is -2.49. The largest absolute Gasteiger partial charge is 0.491 e. The third-order valence-electron chi connectivity index (χ3n) is 6.03. The number of carbonyl (C=O) groups excluding carboxylic acids is 1. The third kappa shape index (κ3) is 5.14. The zero-order valence-electron chi connectivity index (χ0n) is 17.9. The molecular formula is C23H27ClN4O4. The molecule has 4 rings (SSSR count). The molecule has 9 heteroatoms. The number of carbonyl (C=O) groups is 1. The second-order valence-corrected chi connectivity index (χ2v) is 8.47. The van der Waals surface area contributed by atoms with Gasteiger partial charge in [-0.1, -0.05) is 23.7 Å². The van der Waals surface area contributed by atoms with E-state index in [2.05, 4.69) is 9.80 Å². The van der Waals surface area contributed by atoms with Crippen LogP contribution in [0.15, 0.2) is 42.5 Å². The summed E-state index contributed by atoms with van der Waals surface area (Å²) in [7, 11) is 0. The molecule has 0 bridgehead atoms. The molecular weight excluding hydrogens is 432 g/mol. The summed E-state index contributed by atoms with van der Waals surface area (Å²) < 4.78 is 5.77. The number of hydrogen-bond donors (Lipinski definition) is 0. The van der Waals surface area contributed by atoms with Gasteiger partial charge >= 0.3 is 0 Å². The molecule has 1 amide bonds. The van der Waals surface area contributed by atoms with E-state index in [1.165, 1.54) is 12.1 Å². The molecule has 2 aromatic carbocycles. The fourth-order valence-electron chi connectivity index (χ4n) is 4.23. The molecule has 2 aliphatic rings. The van der Waals surface area contributed by atoms with E-state index in [0.717, 1.165) is 51.3 Å². The third-order valence-corrected chi connectivity index (χ3v) is 6.34. The highest BCUT2D eigenvalue weighted by Gasteiger charge is 2.28. The van der Waals surface area contributed by atoms with Crippen molar-refractivity contribution in [3.8, 4) is 5.75 Å². The number of ether oxygens (including phenoxy) is 1. The molecule has 2 heterocycles. The molecule has 2 fully saturated rings. The molecule has 2 aromatic rings. The maximum Gasteiger partial charge on any atom is 0.270 e. The average molecular weight is 459 g/mol. The molecule has 0 atom stereocenters. The van der Waals surface area contributed by atoms with Crippen molar-refractivity contribution in [1.82, 2.24) is 9.80 Å². The zero-order valence-corrected chi connectivity index (χ0v) is 18.7. The van der Waals surface area contributed by atoms with E-state index in [9.17, 15) is 14.9 Å². The Morgan fingerprint density at radius 3 is 2.44 bits per heavy atom.